The quantitative estimate of drug-likeness (QED) is 0.0260. The third-order valence-corrected chi connectivity index (χ3v) is 16.1. The monoisotopic (exact) mass is 1200 g/mol. The highest BCUT2D eigenvalue weighted by Gasteiger charge is 2.27. The second-order valence-electron chi connectivity index (χ2n) is 22.4. The Morgan fingerprint density at radius 2 is 0.593 bits per heavy atom. The van der Waals surface area contributed by atoms with Gasteiger partial charge in [-0.15, -0.1) is 0 Å². The highest BCUT2D eigenvalue weighted by atomic mass is 16.2. The molecule has 0 fully saturated rings. The van der Waals surface area contributed by atoms with Crippen LogP contribution in [0.3, 0.4) is 0 Å². The molecular formula is C73H64N12O6. The van der Waals surface area contributed by atoms with Crippen molar-refractivity contribution < 1.29 is 28.8 Å². The summed E-state index contributed by atoms with van der Waals surface area (Å²) < 4.78 is 0. The van der Waals surface area contributed by atoms with Crippen molar-refractivity contribution in [3.63, 3.8) is 0 Å². The van der Waals surface area contributed by atoms with Gasteiger partial charge in [0.1, 0.15) is 18.1 Å². The number of rotatable bonds is 24. The number of nitrogens with one attached hydrogen (secondary N) is 9. The number of benzene rings is 6. The second kappa shape index (κ2) is 27.9. The predicted molar refractivity (Wildman–Crippen MR) is 352 cm³/mol. The van der Waals surface area contributed by atoms with Crippen molar-refractivity contribution in [1.82, 2.24) is 45.9 Å². The summed E-state index contributed by atoms with van der Waals surface area (Å²) in [7, 11) is 0. The van der Waals surface area contributed by atoms with Crippen molar-refractivity contribution in [3.05, 3.63) is 288 Å². The number of anilines is 3. The van der Waals surface area contributed by atoms with Crippen LogP contribution in [0.2, 0.25) is 0 Å². The van der Waals surface area contributed by atoms with Crippen LogP contribution < -0.4 is 31.9 Å². The average molecular weight is 1210 g/mol. The highest BCUT2D eigenvalue weighted by Crippen LogP contribution is 2.35. The maximum absolute atomic E-state index is 14.3. The summed E-state index contributed by atoms with van der Waals surface area (Å²) in [6.45, 7) is 0. The summed E-state index contributed by atoms with van der Waals surface area (Å²) in [4.78, 5) is 106. The molecule has 12 rings (SSSR count). The van der Waals surface area contributed by atoms with Gasteiger partial charge in [0.05, 0.1) is 19.3 Å². The van der Waals surface area contributed by atoms with E-state index in [2.05, 4.69) is 61.8 Å². The number of pyridine rings is 3. The lowest BCUT2D eigenvalue weighted by Crippen LogP contribution is -2.45. The Labute approximate surface area is 523 Å². The molecule has 6 amide bonds. The Morgan fingerprint density at radius 3 is 0.868 bits per heavy atom. The number of hydrogen-bond donors (Lipinski definition) is 9. The fraction of sp³-hybridized carbons (Fsp3) is 0.137. The van der Waals surface area contributed by atoms with Gasteiger partial charge in [0.15, 0.2) is 0 Å². The molecule has 6 aromatic carbocycles. The van der Waals surface area contributed by atoms with E-state index in [0.29, 0.717) is 17.1 Å². The van der Waals surface area contributed by atoms with Crippen molar-refractivity contribution >= 4 is 85.2 Å². The number of hydrogen-bond acceptors (Lipinski definition) is 9. The minimum atomic E-state index is -0.925. The predicted octanol–water partition coefficient (Wildman–Crippen LogP) is 10.2. The van der Waals surface area contributed by atoms with E-state index in [1.165, 1.54) is 0 Å². The first kappa shape index (κ1) is 59.5. The molecule has 0 saturated carbocycles. The summed E-state index contributed by atoms with van der Waals surface area (Å²) >= 11 is 0. The molecule has 0 aliphatic carbocycles. The van der Waals surface area contributed by atoms with Gasteiger partial charge in [-0.3, -0.25) is 43.7 Å². The van der Waals surface area contributed by atoms with Gasteiger partial charge < -0.3 is 46.9 Å². The van der Waals surface area contributed by atoms with Crippen LogP contribution in [0.25, 0.3) is 32.7 Å². The Bertz CT molecular complexity index is 4060. The normalized spacial score (nSPS) is 12.2. The largest absolute Gasteiger partial charge is 0.361 e. The van der Waals surface area contributed by atoms with Crippen LogP contribution >= 0.6 is 0 Å². The second-order valence-corrected chi connectivity index (χ2v) is 22.4. The summed E-state index contributed by atoms with van der Waals surface area (Å²) in [6, 6.07) is 53.7. The van der Waals surface area contributed by atoms with Gasteiger partial charge in [-0.1, -0.05) is 91.0 Å². The molecule has 0 spiro atoms. The molecule has 0 radical (unpaired) electrons. The smallest absolute Gasteiger partial charge is 0.247 e. The summed E-state index contributed by atoms with van der Waals surface area (Å²) in [5.41, 5.74) is 11.7. The van der Waals surface area contributed by atoms with E-state index >= 15 is 0 Å². The van der Waals surface area contributed by atoms with Crippen molar-refractivity contribution in [3.8, 4) is 0 Å². The first-order valence-electron chi connectivity index (χ1n) is 29.9. The van der Waals surface area contributed by atoms with Gasteiger partial charge in [0.25, 0.3) is 0 Å². The van der Waals surface area contributed by atoms with Gasteiger partial charge in [-0.05, 0) is 141 Å². The molecule has 6 heterocycles. The van der Waals surface area contributed by atoms with E-state index < -0.39 is 41.8 Å². The fourth-order valence-electron chi connectivity index (χ4n) is 11.5. The molecule has 9 N–H and O–H groups in total. The Hall–Kier alpha value is -11.8. The molecule has 18 nitrogen and oxygen atoms in total. The molecule has 18 heteroatoms. The Kier molecular flexibility index (Phi) is 18.3. The number of carbonyl (C=O) groups excluding carboxylic acids is 6. The minimum absolute atomic E-state index is 0.0668. The van der Waals surface area contributed by atoms with Gasteiger partial charge in [-0.2, -0.15) is 0 Å². The zero-order chi connectivity index (χ0) is 62.5. The van der Waals surface area contributed by atoms with Crippen molar-refractivity contribution in [2.45, 2.75) is 62.6 Å². The number of para-hydroxylation sites is 3. The summed E-state index contributed by atoms with van der Waals surface area (Å²) in [6.07, 6.45) is 16.2. The third-order valence-electron chi connectivity index (χ3n) is 16.1. The van der Waals surface area contributed by atoms with Gasteiger partial charge in [-0.25, -0.2) is 0 Å². The molecular weight excluding hydrogens is 1140 g/mol. The van der Waals surface area contributed by atoms with Crippen molar-refractivity contribution in [2.75, 3.05) is 16.0 Å². The van der Waals surface area contributed by atoms with Crippen LogP contribution in [0.4, 0.5) is 17.1 Å². The molecule has 0 aliphatic rings. The maximum Gasteiger partial charge on any atom is 0.247 e. The highest BCUT2D eigenvalue weighted by molar-refractivity contribution is 6.01. The molecule has 91 heavy (non-hydrogen) atoms. The lowest BCUT2D eigenvalue weighted by molar-refractivity contribution is -0.126. The first-order chi connectivity index (χ1) is 44.5. The Balaban J connectivity index is 0.790. The minimum Gasteiger partial charge on any atom is -0.361 e. The number of carbonyl (C=O) groups is 6. The maximum atomic E-state index is 14.3. The number of amides is 6. The van der Waals surface area contributed by atoms with E-state index in [1.54, 1.807) is 37.2 Å². The topological polar surface area (TPSA) is 261 Å². The van der Waals surface area contributed by atoms with E-state index in [1.807, 2.05) is 201 Å². The number of aromatic amines is 3. The molecule has 6 aromatic heterocycles. The fourth-order valence-corrected chi connectivity index (χ4v) is 11.5. The molecule has 0 bridgehead atoms. The standard InChI is InChI=1S/C73H64N12O6/c86-67(40-52-43-77-61-10-4-1-7-58(52)61)83-64(37-46-25-31-74-32-26-46)71(89)80-55-19-13-49(14-20-55)70(50-15-21-56(22-16-50)81-72(90)65(38-47-27-33-75-34-28-47)84-68(87)41-53-44-78-62-11-5-2-8-59(53)62)51-17-23-57(24-18-51)82-73(91)66(39-48-29-35-76-36-30-48)85-69(88)42-54-45-79-63-12-6-3-9-60(54)63/h1-36,43-45,64-66,70,77-79H,37-42H2,(H,80,89)(H,81,90)(H,82,91)(H,83,86)(H,84,87)(H,85,88)/t64-,65-,66-/m1/s1. The first-order valence-corrected chi connectivity index (χ1v) is 29.9. The van der Waals surface area contributed by atoms with E-state index in [9.17, 15) is 28.8 Å². The SMILES string of the molecule is O=C(Cc1c[nH]c2ccccc12)N[C@H](Cc1ccncc1)C(=O)Nc1ccc(C(c2ccc(NC(=O)[C@@H](Cc3ccncc3)NC(=O)Cc3c[nH]c4ccccc34)cc2)c2ccc(NC(=O)[C@@H](Cc3ccncc3)NC(=O)Cc3c[nH]c4ccccc34)cc2)cc1. The van der Waals surface area contributed by atoms with Crippen LogP contribution in [0.1, 0.15) is 56.0 Å². The molecule has 0 saturated heterocycles. The van der Waals surface area contributed by atoms with Crippen LogP contribution in [0.5, 0.6) is 0 Å². The summed E-state index contributed by atoms with van der Waals surface area (Å²) in [5, 5.41) is 20.9. The number of nitrogens with zero attached hydrogens (tertiary/aromatic N) is 3. The molecule has 452 valence electrons. The van der Waals surface area contributed by atoms with Gasteiger partial charge in [0.2, 0.25) is 35.4 Å². The number of H-pyrrole nitrogens is 3. The van der Waals surface area contributed by atoms with Crippen LogP contribution in [0.15, 0.2) is 238 Å². The Morgan fingerprint density at radius 1 is 0.330 bits per heavy atom. The number of fused-ring (bicyclic) bond motifs is 3. The van der Waals surface area contributed by atoms with Crippen LogP contribution in [-0.2, 0) is 67.3 Å². The molecule has 3 atom stereocenters. The lowest BCUT2D eigenvalue weighted by atomic mass is 9.85. The molecule has 0 aliphatic heterocycles. The average Bonchev–Trinajstić information content (AvgIpc) is 1.96. The van der Waals surface area contributed by atoms with E-state index in [-0.39, 0.29) is 56.2 Å². The van der Waals surface area contributed by atoms with E-state index in [0.717, 1.165) is 82.8 Å². The van der Waals surface area contributed by atoms with Crippen LogP contribution in [-0.4, -0.2) is 83.5 Å². The van der Waals surface area contributed by atoms with Crippen molar-refractivity contribution in [1.29, 1.82) is 0 Å². The van der Waals surface area contributed by atoms with Gasteiger partial charge in [0, 0.05) is 131 Å². The third kappa shape index (κ3) is 15.0. The molecule has 12 aromatic rings. The molecule has 0 unspecified atom stereocenters. The van der Waals surface area contributed by atoms with E-state index in [4.69, 9.17) is 0 Å². The lowest BCUT2D eigenvalue weighted by Gasteiger charge is -2.22. The number of aromatic nitrogens is 6. The zero-order valence-corrected chi connectivity index (χ0v) is 49.4. The zero-order valence-electron chi connectivity index (χ0n) is 49.4. The van der Waals surface area contributed by atoms with Crippen LogP contribution in [0, 0.1) is 0 Å². The van der Waals surface area contributed by atoms with Gasteiger partial charge >= 0.3 is 0 Å². The summed E-state index contributed by atoms with van der Waals surface area (Å²) in [5.74, 6) is -2.57. The van der Waals surface area contributed by atoms with Crippen molar-refractivity contribution in [2.24, 2.45) is 0 Å².